The van der Waals surface area contributed by atoms with Crippen LogP contribution in [0.4, 0.5) is 0 Å². The minimum atomic E-state index is -0.885. The number of aliphatic carboxylic acids is 1. The van der Waals surface area contributed by atoms with Crippen LogP contribution in [0.15, 0.2) is 36.5 Å². The van der Waals surface area contributed by atoms with Gasteiger partial charge in [-0.25, -0.2) is 4.79 Å². The fraction of sp³-hybridized carbons (Fsp3) is 0.611. The van der Waals surface area contributed by atoms with E-state index in [4.69, 9.17) is 5.11 Å². The molecular weight excluding hydrogens is 248 g/mol. The van der Waals surface area contributed by atoms with Gasteiger partial charge in [-0.05, 0) is 48.3 Å². The Kier molecular flexibility index (Phi) is 4.85. The molecule has 1 N–H and O–H groups in total. The molecule has 2 nitrogen and oxygen atoms in total. The highest BCUT2D eigenvalue weighted by Gasteiger charge is 2.40. The summed E-state index contributed by atoms with van der Waals surface area (Å²) in [6.07, 6.45) is 14.4. The summed E-state index contributed by atoms with van der Waals surface area (Å²) in [4.78, 5) is 10.5. The smallest absolute Gasteiger partial charge is 0.328 e. The Bertz CT molecular complexity index is 433. The molecule has 1 fully saturated rings. The highest BCUT2D eigenvalue weighted by molar-refractivity contribution is 5.80. The normalized spacial score (nSPS) is 41.1. The standard InChI is InChI=1S/C18H26O2/c1-12-10-14(3)18-15(11-12)9-8-13(2)16(18)6-4-5-7-17(19)20/h4-9,12-16,18H,10-11H2,1-3H3,(H,19,20)/b6-4-,7-5+/t12-,13-,14+,15-,16-,18-/m0/s1. The maximum absolute atomic E-state index is 10.5. The van der Waals surface area contributed by atoms with Crippen molar-refractivity contribution in [2.45, 2.75) is 33.6 Å². The van der Waals surface area contributed by atoms with Crippen molar-refractivity contribution in [1.29, 1.82) is 0 Å². The number of hydrogen-bond donors (Lipinski definition) is 1. The van der Waals surface area contributed by atoms with Crippen molar-refractivity contribution in [1.82, 2.24) is 0 Å². The minimum Gasteiger partial charge on any atom is -0.478 e. The van der Waals surface area contributed by atoms with E-state index in [1.807, 2.05) is 6.08 Å². The van der Waals surface area contributed by atoms with Crippen LogP contribution in [0, 0.1) is 35.5 Å². The van der Waals surface area contributed by atoms with Crippen molar-refractivity contribution in [3.63, 3.8) is 0 Å². The van der Waals surface area contributed by atoms with Crippen molar-refractivity contribution in [3.8, 4) is 0 Å². The molecule has 0 heterocycles. The van der Waals surface area contributed by atoms with E-state index in [9.17, 15) is 4.79 Å². The van der Waals surface area contributed by atoms with Gasteiger partial charge in [0.25, 0.3) is 0 Å². The monoisotopic (exact) mass is 274 g/mol. The Morgan fingerprint density at radius 1 is 1.15 bits per heavy atom. The molecule has 6 atom stereocenters. The lowest BCUT2D eigenvalue weighted by molar-refractivity contribution is -0.131. The second-order valence-corrected chi connectivity index (χ2v) is 6.70. The van der Waals surface area contributed by atoms with Crippen LogP contribution in [-0.2, 0) is 4.79 Å². The molecule has 0 aromatic rings. The molecule has 0 aromatic heterocycles. The average Bonchev–Trinajstić information content (AvgIpc) is 2.36. The van der Waals surface area contributed by atoms with E-state index in [1.54, 1.807) is 6.08 Å². The van der Waals surface area contributed by atoms with Crippen molar-refractivity contribution in [2.75, 3.05) is 0 Å². The Labute approximate surface area is 122 Å². The van der Waals surface area contributed by atoms with Gasteiger partial charge < -0.3 is 5.11 Å². The quantitative estimate of drug-likeness (QED) is 0.473. The fourth-order valence-electron chi connectivity index (χ4n) is 4.23. The summed E-state index contributed by atoms with van der Waals surface area (Å²) in [5, 5.41) is 8.63. The lowest BCUT2D eigenvalue weighted by Crippen LogP contribution is -2.38. The molecule has 2 rings (SSSR count). The van der Waals surface area contributed by atoms with E-state index in [0.717, 1.165) is 11.8 Å². The molecule has 2 aliphatic rings. The third-order valence-corrected chi connectivity index (χ3v) is 5.00. The Balaban J connectivity index is 2.14. The van der Waals surface area contributed by atoms with Crippen LogP contribution in [0.1, 0.15) is 33.6 Å². The molecule has 1 saturated carbocycles. The van der Waals surface area contributed by atoms with E-state index in [2.05, 4.69) is 39.0 Å². The van der Waals surface area contributed by atoms with Crippen molar-refractivity contribution in [2.24, 2.45) is 35.5 Å². The molecule has 0 aromatic carbocycles. The number of hydrogen-bond acceptors (Lipinski definition) is 1. The van der Waals surface area contributed by atoms with Gasteiger partial charge in [0, 0.05) is 6.08 Å². The predicted molar refractivity (Wildman–Crippen MR) is 82.3 cm³/mol. The topological polar surface area (TPSA) is 37.3 Å². The van der Waals surface area contributed by atoms with Crippen molar-refractivity contribution >= 4 is 5.97 Å². The van der Waals surface area contributed by atoms with E-state index in [-0.39, 0.29) is 0 Å². The first-order valence-electron chi connectivity index (χ1n) is 7.75. The Hall–Kier alpha value is -1.31. The number of rotatable bonds is 3. The molecule has 0 saturated heterocycles. The van der Waals surface area contributed by atoms with Gasteiger partial charge in [0.05, 0.1) is 0 Å². The average molecular weight is 274 g/mol. The number of carboxylic acids is 1. The van der Waals surface area contributed by atoms with Gasteiger partial charge in [-0.2, -0.15) is 0 Å². The molecule has 0 spiro atoms. The number of carboxylic acid groups (broad SMARTS) is 1. The third kappa shape index (κ3) is 3.41. The number of allylic oxidation sites excluding steroid dienone is 5. The maximum Gasteiger partial charge on any atom is 0.328 e. The van der Waals surface area contributed by atoms with Crippen LogP contribution in [-0.4, -0.2) is 11.1 Å². The van der Waals surface area contributed by atoms with Crippen LogP contribution >= 0.6 is 0 Å². The van der Waals surface area contributed by atoms with Gasteiger partial charge in [0.1, 0.15) is 0 Å². The molecular formula is C18H26O2. The van der Waals surface area contributed by atoms with Gasteiger partial charge in [0.15, 0.2) is 0 Å². The van der Waals surface area contributed by atoms with Crippen LogP contribution in [0.5, 0.6) is 0 Å². The molecule has 0 bridgehead atoms. The van der Waals surface area contributed by atoms with E-state index >= 15 is 0 Å². The van der Waals surface area contributed by atoms with Crippen LogP contribution in [0.25, 0.3) is 0 Å². The van der Waals surface area contributed by atoms with Gasteiger partial charge in [-0.1, -0.05) is 51.2 Å². The second kappa shape index (κ2) is 6.43. The van der Waals surface area contributed by atoms with Crippen LogP contribution in [0.3, 0.4) is 0 Å². The summed E-state index contributed by atoms with van der Waals surface area (Å²) in [7, 11) is 0. The van der Waals surface area contributed by atoms with Gasteiger partial charge in [-0.15, -0.1) is 0 Å². The zero-order valence-electron chi connectivity index (χ0n) is 12.7. The molecule has 110 valence electrons. The Morgan fingerprint density at radius 3 is 2.60 bits per heavy atom. The largest absolute Gasteiger partial charge is 0.478 e. The predicted octanol–water partition coefficient (Wildman–Crippen LogP) is 4.30. The lowest BCUT2D eigenvalue weighted by atomic mass is 9.59. The summed E-state index contributed by atoms with van der Waals surface area (Å²) in [5.41, 5.74) is 0. The van der Waals surface area contributed by atoms with Gasteiger partial charge in [0.2, 0.25) is 0 Å². The molecule has 0 aliphatic heterocycles. The van der Waals surface area contributed by atoms with Crippen molar-refractivity contribution < 1.29 is 9.90 Å². The molecule has 0 unspecified atom stereocenters. The van der Waals surface area contributed by atoms with Crippen LogP contribution < -0.4 is 0 Å². The molecule has 2 aliphatic carbocycles. The molecule has 0 radical (unpaired) electrons. The highest BCUT2D eigenvalue weighted by Crippen LogP contribution is 2.48. The fourth-order valence-corrected chi connectivity index (χ4v) is 4.23. The first kappa shape index (κ1) is 15.1. The number of carbonyl (C=O) groups is 1. The maximum atomic E-state index is 10.5. The summed E-state index contributed by atoms with van der Waals surface area (Å²) in [6, 6.07) is 0. The van der Waals surface area contributed by atoms with Gasteiger partial charge in [-0.3, -0.25) is 0 Å². The first-order valence-corrected chi connectivity index (χ1v) is 7.75. The highest BCUT2D eigenvalue weighted by atomic mass is 16.4. The third-order valence-electron chi connectivity index (χ3n) is 5.00. The molecule has 2 heteroatoms. The Morgan fingerprint density at radius 2 is 1.90 bits per heavy atom. The zero-order valence-corrected chi connectivity index (χ0v) is 12.7. The van der Waals surface area contributed by atoms with E-state index in [1.165, 1.54) is 18.9 Å². The van der Waals surface area contributed by atoms with Gasteiger partial charge >= 0.3 is 5.97 Å². The van der Waals surface area contributed by atoms with E-state index in [0.29, 0.717) is 23.7 Å². The minimum absolute atomic E-state index is 0.533. The van der Waals surface area contributed by atoms with Crippen LogP contribution in [0.2, 0.25) is 0 Å². The second-order valence-electron chi connectivity index (χ2n) is 6.70. The van der Waals surface area contributed by atoms with Crippen molar-refractivity contribution in [3.05, 3.63) is 36.5 Å². The molecule has 0 amide bonds. The van der Waals surface area contributed by atoms with E-state index < -0.39 is 5.97 Å². The molecule has 20 heavy (non-hydrogen) atoms. The summed E-state index contributed by atoms with van der Waals surface area (Å²) >= 11 is 0. The zero-order chi connectivity index (χ0) is 14.7. The SMILES string of the molecule is C[C@H]1C[C@@H](C)[C@@H]2[C@@H](/C=C\C=C\C(=O)O)[C@@H](C)C=C[C@H]2C1. The summed E-state index contributed by atoms with van der Waals surface area (Å²) < 4.78 is 0. The summed E-state index contributed by atoms with van der Waals surface area (Å²) in [6.45, 7) is 7.01. The number of fused-ring (bicyclic) bond motifs is 1. The summed E-state index contributed by atoms with van der Waals surface area (Å²) in [5.74, 6) is 3.16. The lowest BCUT2D eigenvalue weighted by Gasteiger charge is -2.46. The first-order chi connectivity index (χ1) is 9.49.